The average molecular weight is 477 g/mol. The monoisotopic (exact) mass is 476 g/mol. The van der Waals surface area contributed by atoms with Crippen molar-refractivity contribution in [2.45, 2.75) is 39.5 Å². The van der Waals surface area contributed by atoms with Crippen molar-refractivity contribution in [3.8, 4) is 0 Å². The Hall–Kier alpha value is -2.22. The van der Waals surface area contributed by atoms with Gasteiger partial charge >= 0.3 is 5.97 Å². The first-order valence-electron chi connectivity index (χ1n) is 10.3. The normalized spacial score (nSPS) is 26.8. The van der Waals surface area contributed by atoms with E-state index in [1.54, 1.807) is 0 Å². The molecule has 3 amide bonds. The predicted molar refractivity (Wildman–Crippen MR) is 112 cm³/mol. The van der Waals surface area contributed by atoms with Crippen molar-refractivity contribution in [1.29, 1.82) is 0 Å². The number of halogens is 1. The SMILES string of the molecule is Cc1cc(NC(=O)COC(=O)CCN2C(=O)[C@@H]3[C@H]4CC[C@@H](C4)[C@@H]3C2=O)cc(C)c1Br. The third-order valence-electron chi connectivity index (χ3n) is 6.64. The van der Waals surface area contributed by atoms with Crippen molar-refractivity contribution in [2.75, 3.05) is 18.5 Å². The van der Waals surface area contributed by atoms with Crippen LogP contribution in [0, 0.1) is 37.5 Å². The number of fused-ring (bicyclic) bond motifs is 5. The van der Waals surface area contributed by atoms with Crippen LogP contribution in [-0.4, -0.2) is 41.7 Å². The molecule has 0 radical (unpaired) electrons. The largest absolute Gasteiger partial charge is 0.456 e. The lowest BCUT2D eigenvalue weighted by atomic mass is 9.81. The number of nitrogens with one attached hydrogen (secondary N) is 1. The highest BCUT2D eigenvalue weighted by molar-refractivity contribution is 9.10. The Labute approximate surface area is 183 Å². The maximum absolute atomic E-state index is 12.6. The van der Waals surface area contributed by atoms with Crippen LogP contribution < -0.4 is 5.32 Å². The Balaban J connectivity index is 1.24. The number of hydrogen-bond donors (Lipinski definition) is 1. The second-order valence-electron chi connectivity index (χ2n) is 8.60. The summed E-state index contributed by atoms with van der Waals surface area (Å²) in [5, 5.41) is 2.71. The van der Waals surface area contributed by atoms with Gasteiger partial charge in [0.1, 0.15) is 0 Å². The van der Waals surface area contributed by atoms with E-state index in [4.69, 9.17) is 4.74 Å². The number of esters is 1. The highest BCUT2D eigenvalue weighted by atomic mass is 79.9. The molecule has 1 heterocycles. The molecule has 1 saturated heterocycles. The summed E-state index contributed by atoms with van der Waals surface area (Å²) < 4.78 is 6.01. The molecular formula is C22H25BrN2O5. The van der Waals surface area contributed by atoms with Crippen LogP contribution in [0.2, 0.25) is 0 Å². The summed E-state index contributed by atoms with van der Waals surface area (Å²) in [7, 11) is 0. The summed E-state index contributed by atoms with van der Waals surface area (Å²) in [5.74, 6) is -1.04. The van der Waals surface area contributed by atoms with Crippen molar-refractivity contribution in [3.63, 3.8) is 0 Å². The van der Waals surface area contributed by atoms with E-state index in [-0.39, 0.29) is 36.6 Å². The second-order valence-corrected chi connectivity index (χ2v) is 9.39. The van der Waals surface area contributed by atoms with Gasteiger partial charge < -0.3 is 10.1 Å². The molecule has 0 unspecified atom stereocenters. The number of hydrogen-bond acceptors (Lipinski definition) is 5. The zero-order chi connectivity index (χ0) is 21.6. The van der Waals surface area contributed by atoms with E-state index in [9.17, 15) is 19.2 Å². The van der Waals surface area contributed by atoms with Crippen LogP contribution in [-0.2, 0) is 23.9 Å². The van der Waals surface area contributed by atoms with Crippen molar-refractivity contribution in [2.24, 2.45) is 23.7 Å². The molecule has 0 aromatic heterocycles. The number of carbonyl (C=O) groups is 4. The molecule has 2 bridgehead atoms. The fourth-order valence-corrected chi connectivity index (χ4v) is 5.56. The van der Waals surface area contributed by atoms with Gasteiger partial charge in [0, 0.05) is 16.7 Å². The van der Waals surface area contributed by atoms with Gasteiger partial charge in [-0.2, -0.15) is 0 Å². The Morgan fingerprint density at radius 2 is 1.67 bits per heavy atom. The summed E-state index contributed by atoms with van der Waals surface area (Å²) in [4.78, 5) is 50.6. The molecule has 3 aliphatic rings. The standard InChI is InChI=1S/C22H25BrN2O5/c1-11-7-15(8-12(2)20(11)23)24-16(26)10-30-17(27)5-6-25-21(28)18-13-3-4-14(9-13)19(18)22(25)29/h7-8,13-14,18-19H,3-6,9-10H2,1-2H3,(H,24,26)/t13-,14-,18-,19+/m0/s1. The molecule has 2 saturated carbocycles. The quantitative estimate of drug-likeness (QED) is 0.503. The van der Waals surface area contributed by atoms with Gasteiger partial charge in [0.05, 0.1) is 18.3 Å². The van der Waals surface area contributed by atoms with Crippen molar-refractivity contribution < 1.29 is 23.9 Å². The summed E-state index contributed by atoms with van der Waals surface area (Å²) in [6.45, 7) is 3.46. The fraction of sp³-hybridized carbons (Fsp3) is 0.545. The van der Waals surface area contributed by atoms with Gasteiger partial charge in [0.15, 0.2) is 6.61 Å². The molecule has 7 nitrogen and oxygen atoms in total. The first-order chi connectivity index (χ1) is 14.3. The molecule has 3 fully saturated rings. The number of amides is 3. The van der Waals surface area contributed by atoms with Crippen LogP contribution in [0.3, 0.4) is 0 Å². The number of aryl methyl sites for hydroxylation is 2. The molecule has 1 aromatic rings. The number of likely N-dealkylation sites (tertiary alicyclic amines) is 1. The fourth-order valence-electron chi connectivity index (χ4n) is 5.33. The minimum absolute atomic E-state index is 0.0235. The van der Waals surface area contributed by atoms with E-state index in [1.165, 1.54) is 4.90 Å². The summed E-state index contributed by atoms with van der Waals surface area (Å²) in [6.07, 6.45) is 2.92. The molecule has 30 heavy (non-hydrogen) atoms. The van der Waals surface area contributed by atoms with Gasteiger partial charge in [0.25, 0.3) is 5.91 Å². The number of nitrogens with zero attached hydrogens (tertiary/aromatic N) is 1. The highest BCUT2D eigenvalue weighted by Crippen LogP contribution is 2.56. The van der Waals surface area contributed by atoms with E-state index in [0.717, 1.165) is 34.9 Å². The summed E-state index contributed by atoms with van der Waals surface area (Å²) in [5.41, 5.74) is 2.60. The lowest BCUT2D eigenvalue weighted by molar-refractivity contribution is -0.149. The van der Waals surface area contributed by atoms with Crippen LogP contribution in [0.5, 0.6) is 0 Å². The van der Waals surface area contributed by atoms with E-state index in [2.05, 4.69) is 21.2 Å². The van der Waals surface area contributed by atoms with Crippen molar-refractivity contribution in [3.05, 3.63) is 27.7 Å². The van der Waals surface area contributed by atoms with Crippen LogP contribution in [0.4, 0.5) is 5.69 Å². The lowest BCUT2D eigenvalue weighted by Gasteiger charge is -2.19. The molecule has 2 aliphatic carbocycles. The van der Waals surface area contributed by atoms with Crippen LogP contribution in [0.1, 0.15) is 36.8 Å². The maximum Gasteiger partial charge on any atom is 0.308 e. The van der Waals surface area contributed by atoms with E-state index < -0.39 is 18.5 Å². The zero-order valence-electron chi connectivity index (χ0n) is 17.1. The minimum Gasteiger partial charge on any atom is -0.456 e. The number of imide groups is 1. The second kappa shape index (κ2) is 8.13. The number of carbonyl (C=O) groups excluding carboxylic acids is 4. The summed E-state index contributed by atoms with van der Waals surface area (Å²) >= 11 is 3.47. The minimum atomic E-state index is -0.603. The molecule has 160 valence electrons. The van der Waals surface area contributed by atoms with E-state index in [1.807, 2.05) is 26.0 Å². The predicted octanol–water partition coefficient (Wildman–Crippen LogP) is 2.97. The molecule has 1 N–H and O–H groups in total. The zero-order valence-corrected chi connectivity index (χ0v) is 18.7. The highest BCUT2D eigenvalue weighted by Gasteiger charge is 2.60. The number of benzene rings is 1. The van der Waals surface area contributed by atoms with E-state index >= 15 is 0 Å². The molecule has 1 aliphatic heterocycles. The van der Waals surface area contributed by atoms with Crippen LogP contribution in [0.25, 0.3) is 0 Å². The number of rotatable bonds is 6. The van der Waals surface area contributed by atoms with Gasteiger partial charge in [-0.15, -0.1) is 0 Å². The third-order valence-corrected chi connectivity index (χ3v) is 7.89. The smallest absolute Gasteiger partial charge is 0.308 e. The molecule has 4 atom stereocenters. The number of anilines is 1. The molecule has 0 spiro atoms. The first-order valence-corrected chi connectivity index (χ1v) is 11.1. The molecule has 4 rings (SSSR count). The van der Waals surface area contributed by atoms with Crippen molar-refractivity contribution >= 4 is 45.3 Å². The van der Waals surface area contributed by atoms with Crippen molar-refractivity contribution in [1.82, 2.24) is 4.90 Å². The Kier molecular flexibility index (Phi) is 5.70. The van der Waals surface area contributed by atoms with E-state index in [0.29, 0.717) is 17.5 Å². The Morgan fingerprint density at radius 3 is 2.23 bits per heavy atom. The topological polar surface area (TPSA) is 92.8 Å². The van der Waals surface area contributed by atoms with Gasteiger partial charge in [-0.3, -0.25) is 24.1 Å². The summed E-state index contributed by atoms with van der Waals surface area (Å²) in [6, 6.07) is 3.65. The molecule has 1 aromatic carbocycles. The number of ether oxygens (including phenoxy) is 1. The van der Waals surface area contributed by atoms with Crippen LogP contribution in [0.15, 0.2) is 16.6 Å². The average Bonchev–Trinajstić information content (AvgIpc) is 3.37. The van der Waals surface area contributed by atoms with Gasteiger partial charge in [-0.05, 0) is 68.2 Å². The third kappa shape index (κ3) is 3.77. The Bertz CT molecular complexity index is 879. The van der Waals surface area contributed by atoms with Gasteiger partial charge in [-0.1, -0.05) is 15.9 Å². The Morgan fingerprint density at radius 1 is 1.10 bits per heavy atom. The maximum atomic E-state index is 12.6. The molecular weight excluding hydrogens is 452 g/mol. The van der Waals surface area contributed by atoms with Crippen LogP contribution >= 0.6 is 15.9 Å². The lowest BCUT2D eigenvalue weighted by Crippen LogP contribution is -2.35. The first kappa shape index (κ1) is 21.0. The van der Waals surface area contributed by atoms with Gasteiger partial charge in [-0.25, -0.2) is 0 Å². The van der Waals surface area contributed by atoms with Gasteiger partial charge in [0.2, 0.25) is 11.8 Å². The molecule has 8 heteroatoms.